The zero-order valence-corrected chi connectivity index (χ0v) is 11.6. The number of hydrogen-bond donors (Lipinski definition) is 2. The highest BCUT2D eigenvalue weighted by Gasteiger charge is 2.21. The summed E-state index contributed by atoms with van der Waals surface area (Å²) >= 11 is 0. The first-order chi connectivity index (χ1) is 9.56. The Morgan fingerprint density at radius 3 is 2.80 bits per heavy atom. The Kier molecular flexibility index (Phi) is 3.97. The van der Waals surface area contributed by atoms with Crippen LogP contribution < -0.4 is 11.0 Å². The van der Waals surface area contributed by atoms with Crippen LogP contribution in [0.4, 0.5) is 0 Å². The summed E-state index contributed by atoms with van der Waals surface area (Å²) in [7, 11) is 1.47. The number of hydrogen-bond acceptors (Lipinski definition) is 5. The maximum atomic E-state index is 12.1. The molecule has 0 bridgehead atoms. The van der Waals surface area contributed by atoms with Crippen molar-refractivity contribution in [2.45, 2.75) is 32.9 Å². The number of nitrogens with one attached hydrogen (secondary N) is 2. The molecule has 108 valence electrons. The number of amides is 1. The predicted octanol–water partition coefficient (Wildman–Crippen LogP) is -0.399. The molecule has 0 radical (unpaired) electrons. The van der Waals surface area contributed by atoms with Gasteiger partial charge in [-0.05, 0) is 13.3 Å². The van der Waals surface area contributed by atoms with Crippen molar-refractivity contribution in [3.8, 4) is 0 Å². The summed E-state index contributed by atoms with van der Waals surface area (Å²) in [6, 6.07) is -0.282. The second-order valence-electron chi connectivity index (χ2n) is 4.27. The molecular weight excluding hydrogens is 262 g/mol. The first kappa shape index (κ1) is 14.0. The lowest BCUT2D eigenvalue weighted by atomic mass is 10.2. The van der Waals surface area contributed by atoms with E-state index in [0.717, 1.165) is 4.68 Å². The van der Waals surface area contributed by atoms with Gasteiger partial charge in [-0.2, -0.15) is 5.10 Å². The number of aromatic amines is 1. The zero-order valence-electron chi connectivity index (χ0n) is 11.6. The molecule has 0 fully saturated rings. The Hall–Kier alpha value is -2.45. The minimum absolute atomic E-state index is 0.0153. The molecule has 2 rings (SSSR count). The summed E-state index contributed by atoms with van der Waals surface area (Å²) in [4.78, 5) is 29.9. The molecule has 2 aromatic rings. The molecule has 1 amide bonds. The number of carbonyl (C=O) groups is 1. The normalized spacial score (nSPS) is 12.3. The molecule has 9 nitrogen and oxygen atoms in total. The molecule has 2 aromatic heterocycles. The molecule has 0 aliphatic rings. The molecule has 0 aromatic carbocycles. The highest BCUT2D eigenvalue weighted by atomic mass is 16.2. The van der Waals surface area contributed by atoms with E-state index in [1.807, 2.05) is 13.8 Å². The van der Waals surface area contributed by atoms with Crippen molar-refractivity contribution in [1.29, 1.82) is 0 Å². The van der Waals surface area contributed by atoms with E-state index >= 15 is 0 Å². The highest BCUT2D eigenvalue weighted by molar-refractivity contribution is 5.90. The van der Waals surface area contributed by atoms with Crippen molar-refractivity contribution >= 4 is 5.91 Å². The second-order valence-corrected chi connectivity index (χ2v) is 4.27. The van der Waals surface area contributed by atoms with Gasteiger partial charge in [0.2, 0.25) is 5.82 Å². The molecule has 0 saturated heterocycles. The summed E-state index contributed by atoms with van der Waals surface area (Å²) in [6.07, 6.45) is 2.11. The van der Waals surface area contributed by atoms with Gasteiger partial charge < -0.3 is 5.32 Å². The van der Waals surface area contributed by atoms with Crippen molar-refractivity contribution in [2.24, 2.45) is 7.05 Å². The topological polar surface area (TPSA) is 110 Å². The van der Waals surface area contributed by atoms with Crippen molar-refractivity contribution in [3.05, 3.63) is 28.5 Å². The zero-order chi connectivity index (χ0) is 14.7. The van der Waals surface area contributed by atoms with Gasteiger partial charge in [-0.3, -0.25) is 9.78 Å². The third kappa shape index (κ3) is 2.60. The fraction of sp³-hybridized carbons (Fsp3) is 0.545. The number of carbonyl (C=O) groups excluding carboxylic acids is 1. The average molecular weight is 279 g/mol. The lowest BCUT2D eigenvalue weighted by Gasteiger charge is -2.15. The Balaban J connectivity index is 2.18. The summed E-state index contributed by atoms with van der Waals surface area (Å²) in [5.74, 6) is 0.223. The maximum Gasteiger partial charge on any atom is 0.343 e. The molecule has 0 saturated carbocycles. The molecule has 0 aliphatic heterocycles. The summed E-state index contributed by atoms with van der Waals surface area (Å²) in [6.45, 7) is 4.55. The molecule has 2 heterocycles. The quantitative estimate of drug-likeness (QED) is 0.773. The minimum Gasteiger partial charge on any atom is -0.339 e. The lowest BCUT2D eigenvalue weighted by Crippen LogP contribution is -2.31. The molecule has 9 heteroatoms. The molecular formula is C11H17N7O2. The van der Waals surface area contributed by atoms with Gasteiger partial charge in [0.25, 0.3) is 5.91 Å². The van der Waals surface area contributed by atoms with Crippen LogP contribution >= 0.6 is 0 Å². The summed E-state index contributed by atoms with van der Waals surface area (Å²) < 4.78 is 2.79. The minimum atomic E-state index is -0.444. The highest BCUT2D eigenvalue weighted by Crippen LogP contribution is 2.13. The van der Waals surface area contributed by atoms with Crippen LogP contribution in [0.15, 0.2) is 11.1 Å². The van der Waals surface area contributed by atoms with Crippen LogP contribution in [0.5, 0.6) is 0 Å². The van der Waals surface area contributed by atoms with Gasteiger partial charge in [0.05, 0.1) is 6.04 Å². The number of nitrogens with zero attached hydrogens (tertiary/aromatic N) is 5. The van der Waals surface area contributed by atoms with E-state index in [4.69, 9.17) is 0 Å². The monoisotopic (exact) mass is 279 g/mol. The number of aryl methyl sites for hydroxylation is 2. The van der Waals surface area contributed by atoms with E-state index in [-0.39, 0.29) is 11.9 Å². The summed E-state index contributed by atoms with van der Waals surface area (Å²) in [5.41, 5.74) is -0.431. The van der Waals surface area contributed by atoms with Crippen LogP contribution in [0, 0.1) is 0 Å². The third-order valence-corrected chi connectivity index (χ3v) is 2.95. The lowest BCUT2D eigenvalue weighted by molar-refractivity contribution is 0.0922. The largest absolute Gasteiger partial charge is 0.343 e. The SMILES string of the molecule is CCC(NC(=O)c1nn(C)c(=O)[nH]1)c1ncnn1CC. The predicted molar refractivity (Wildman–Crippen MR) is 70.0 cm³/mol. The maximum absolute atomic E-state index is 12.1. The van der Waals surface area contributed by atoms with Crippen molar-refractivity contribution in [2.75, 3.05) is 0 Å². The van der Waals surface area contributed by atoms with Crippen LogP contribution in [0.2, 0.25) is 0 Å². The smallest absolute Gasteiger partial charge is 0.339 e. The first-order valence-corrected chi connectivity index (χ1v) is 6.38. The Morgan fingerprint density at radius 2 is 2.25 bits per heavy atom. The van der Waals surface area contributed by atoms with Gasteiger partial charge in [-0.25, -0.2) is 19.1 Å². The van der Waals surface area contributed by atoms with E-state index in [1.54, 1.807) is 4.68 Å². The van der Waals surface area contributed by atoms with Crippen LogP contribution in [0.3, 0.4) is 0 Å². The van der Waals surface area contributed by atoms with Gasteiger partial charge in [-0.1, -0.05) is 6.92 Å². The van der Waals surface area contributed by atoms with E-state index < -0.39 is 11.6 Å². The van der Waals surface area contributed by atoms with Gasteiger partial charge in [0.1, 0.15) is 12.2 Å². The van der Waals surface area contributed by atoms with Crippen molar-refractivity contribution in [1.82, 2.24) is 34.8 Å². The molecule has 0 spiro atoms. The Bertz CT molecular complexity index is 654. The van der Waals surface area contributed by atoms with E-state index in [2.05, 4.69) is 25.5 Å². The fourth-order valence-electron chi connectivity index (χ4n) is 1.87. The van der Waals surface area contributed by atoms with E-state index in [1.165, 1.54) is 13.4 Å². The van der Waals surface area contributed by atoms with E-state index in [9.17, 15) is 9.59 Å². The fourth-order valence-corrected chi connectivity index (χ4v) is 1.87. The van der Waals surface area contributed by atoms with Crippen LogP contribution in [-0.2, 0) is 13.6 Å². The van der Waals surface area contributed by atoms with E-state index in [0.29, 0.717) is 18.8 Å². The third-order valence-electron chi connectivity index (χ3n) is 2.95. The van der Waals surface area contributed by atoms with Gasteiger partial charge >= 0.3 is 5.69 Å². The Labute approximate surface area is 115 Å². The molecule has 0 aliphatic carbocycles. The number of aromatic nitrogens is 6. The molecule has 1 atom stereocenters. The Morgan fingerprint density at radius 1 is 1.50 bits per heavy atom. The van der Waals surface area contributed by atoms with Gasteiger partial charge in [0.15, 0.2) is 0 Å². The first-order valence-electron chi connectivity index (χ1n) is 6.38. The van der Waals surface area contributed by atoms with Gasteiger partial charge in [-0.15, -0.1) is 5.10 Å². The second kappa shape index (κ2) is 5.68. The van der Waals surface area contributed by atoms with Crippen LogP contribution in [0.25, 0.3) is 0 Å². The number of rotatable bonds is 5. The summed E-state index contributed by atoms with van der Waals surface area (Å²) in [5, 5.41) is 10.7. The van der Waals surface area contributed by atoms with Crippen LogP contribution in [0.1, 0.15) is 42.8 Å². The van der Waals surface area contributed by atoms with Crippen molar-refractivity contribution < 1.29 is 4.79 Å². The molecule has 2 N–H and O–H groups in total. The number of H-pyrrole nitrogens is 1. The molecule has 1 unspecified atom stereocenters. The van der Waals surface area contributed by atoms with Crippen molar-refractivity contribution in [3.63, 3.8) is 0 Å². The van der Waals surface area contributed by atoms with Crippen LogP contribution in [-0.4, -0.2) is 35.4 Å². The van der Waals surface area contributed by atoms with Gasteiger partial charge in [0, 0.05) is 13.6 Å². The average Bonchev–Trinajstić information content (AvgIpc) is 3.03. The molecule has 20 heavy (non-hydrogen) atoms. The standard InChI is InChI=1S/C11H17N7O2/c1-4-7(9-12-6-13-18(9)5-2)14-10(19)8-15-11(20)17(3)16-8/h6-7H,4-5H2,1-3H3,(H,14,19)(H,15,16,20).